The first-order valence-corrected chi connectivity index (χ1v) is 9.72. The molecule has 1 aliphatic heterocycles. The molecule has 2 aromatic rings. The Balaban J connectivity index is 1.75. The van der Waals surface area contributed by atoms with Gasteiger partial charge >= 0.3 is 5.97 Å². The Morgan fingerprint density at radius 3 is 2.37 bits per heavy atom. The topological polar surface area (TPSA) is 105 Å². The minimum absolute atomic E-state index is 0.0159. The number of amides is 1. The molecule has 0 spiro atoms. The summed E-state index contributed by atoms with van der Waals surface area (Å²) in [4.78, 5) is 36.7. The summed E-state index contributed by atoms with van der Waals surface area (Å²) in [5.74, 6) is -0.227. The van der Waals surface area contributed by atoms with Gasteiger partial charge in [0.25, 0.3) is 5.91 Å². The van der Waals surface area contributed by atoms with Crippen LogP contribution in [-0.4, -0.2) is 61.0 Å². The van der Waals surface area contributed by atoms with E-state index in [2.05, 4.69) is 5.32 Å². The highest BCUT2D eigenvalue weighted by Crippen LogP contribution is 2.29. The molecule has 0 bridgehead atoms. The summed E-state index contributed by atoms with van der Waals surface area (Å²) >= 11 is 0. The number of likely N-dealkylation sites (tertiary alicyclic amines) is 1. The van der Waals surface area contributed by atoms with E-state index in [-0.39, 0.29) is 23.0 Å². The zero-order valence-corrected chi connectivity index (χ0v) is 16.7. The molecule has 8 heteroatoms. The molecule has 1 heterocycles. The molecule has 1 aliphatic rings. The first-order chi connectivity index (χ1) is 14.5. The molecule has 2 aromatic carbocycles. The lowest BCUT2D eigenvalue weighted by atomic mass is 10.1. The number of carbonyl (C=O) groups is 3. The van der Waals surface area contributed by atoms with Crippen molar-refractivity contribution in [3.05, 3.63) is 53.6 Å². The third kappa shape index (κ3) is 5.36. The molecular weight excluding hydrogens is 388 g/mol. The number of nitrogens with one attached hydrogen (secondary N) is 1. The Bertz CT molecular complexity index is 908. The summed E-state index contributed by atoms with van der Waals surface area (Å²) in [6, 6.07) is 10.9. The number of hydrogen-bond acceptors (Lipinski definition) is 6. The number of aromatic carboxylic acids is 1. The van der Waals surface area contributed by atoms with Crippen LogP contribution >= 0.6 is 0 Å². The maximum atomic E-state index is 12.2. The van der Waals surface area contributed by atoms with Crippen LogP contribution in [0.25, 0.3) is 0 Å². The van der Waals surface area contributed by atoms with Gasteiger partial charge in [-0.3, -0.25) is 9.59 Å². The fourth-order valence-electron chi connectivity index (χ4n) is 2.94. The van der Waals surface area contributed by atoms with Crippen LogP contribution in [0.1, 0.15) is 33.6 Å². The average Bonchev–Trinajstić information content (AvgIpc) is 2.70. The smallest absolute Gasteiger partial charge is 0.335 e. The average molecular weight is 412 g/mol. The zero-order valence-electron chi connectivity index (χ0n) is 16.7. The van der Waals surface area contributed by atoms with Gasteiger partial charge in [0.15, 0.2) is 12.4 Å². The van der Waals surface area contributed by atoms with Crippen molar-refractivity contribution in [3.8, 4) is 17.2 Å². The Labute approximate surface area is 174 Å². The van der Waals surface area contributed by atoms with Gasteiger partial charge in [-0.05, 0) is 56.4 Å². The lowest BCUT2D eigenvalue weighted by molar-refractivity contribution is -0.113. The van der Waals surface area contributed by atoms with Crippen LogP contribution in [0.5, 0.6) is 17.2 Å². The molecule has 30 heavy (non-hydrogen) atoms. The van der Waals surface area contributed by atoms with Crippen molar-refractivity contribution in [1.29, 1.82) is 0 Å². The Hall–Kier alpha value is -3.39. The van der Waals surface area contributed by atoms with Crippen molar-refractivity contribution >= 4 is 18.2 Å². The fraction of sp³-hybridized carbons (Fsp3) is 0.318. The molecule has 1 amide bonds. The van der Waals surface area contributed by atoms with Crippen LogP contribution in [0.2, 0.25) is 0 Å². The Kier molecular flexibility index (Phi) is 7.03. The number of benzene rings is 2. The van der Waals surface area contributed by atoms with Gasteiger partial charge in [-0.15, -0.1) is 0 Å². The van der Waals surface area contributed by atoms with E-state index in [9.17, 15) is 19.5 Å². The van der Waals surface area contributed by atoms with Gasteiger partial charge in [0, 0.05) is 31.1 Å². The fourth-order valence-corrected chi connectivity index (χ4v) is 2.94. The van der Waals surface area contributed by atoms with E-state index >= 15 is 0 Å². The van der Waals surface area contributed by atoms with Crippen molar-refractivity contribution in [3.63, 3.8) is 0 Å². The number of carboxylic acid groups (broad SMARTS) is 1. The highest BCUT2D eigenvalue weighted by atomic mass is 16.5. The standard InChI is InChI=1S/C22H24N2O6/c1-23-8-7-18(14-25)30-20-12-16(22(27)28)11-19(13-20)29-17-5-3-15(4-6-17)21(26)24-9-2-10-24/h3-6,11-14,18,23H,2,7-10H2,1H3,(H,27,28). The summed E-state index contributed by atoms with van der Waals surface area (Å²) in [5, 5.41) is 12.3. The maximum absolute atomic E-state index is 12.2. The minimum atomic E-state index is -1.14. The summed E-state index contributed by atoms with van der Waals surface area (Å²) in [6.45, 7) is 2.13. The minimum Gasteiger partial charge on any atom is -0.483 e. The second kappa shape index (κ2) is 9.89. The quantitative estimate of drug-likeness (QED) is 0.578. The first kappa shape index (κ1) is 21.3. The van der Waals surface area contributed by atoms with Crippen LogP contribution in [0.4, 0.5) is 0 Å². The van der Waals surface area contributed by atoms with E-state index < -0.39 is 12.1 Å². The largest absolute Gasteiger partial charge is 0.483 e. The van der Waals surface area contributed by atoms with Gasteiger partial charge in [0.2, 0.25) is 0 Å². The molecule has 1 atom stereocenters. The number of nitrogens with zero attached hydrogens (tertiary/aromatic N) is 1. The third-order valence-electron chi connectivity index (χ3n) is 4.73. The van der Waals surface area contributed by atoms with Crippen molar-refractivity contribution in [1.82, 2.24) is 10.2 Å². The molecular formula is C22H24N2O6. The van der Waals surface area contributed by atoms with Crippen LogP contribution in [0.3, 0.4) is 0 Å². The van der Waals surface area contributed by atoms with Crippen LogP contribution in [-0.2, 0) is 4.79 Å². The number of hydrogen-bond donors (Lipinski definition) is 2. The number of rotatable bonds is 10. The van der Waals surface area contributed by atoms with Crippen molar-refractivity contribution < 1.29 is 29.0 Å². The van der Waals surface area contributed by atoms with Crippen LogP contribution in [0.15, 0.2) is 42.5 Å². The Morgan fingerprint density at radius 1 is 1.10 bits per heavy atom. The molecule has 2 N–H and O–H groups in total. The van der Waals surface area contributed by atoms with E-state index in [1.54, 1.807) is 36.2 Å². The molecule has 0 aliphatic carbocycles. The second-order valence-corrected chi connectivity index (χ2v) is 6.96. The second-order valence-electron chi connectivity index (χ2n) is 6.96. The Morgan fingerprint density at radius 2 is 1.80 bits per heavy atom. The molecule has 1 saturated heterocycles. The highest BCUT2D eigenvalue weighted by molar-refractivity contribution is 5.94. The van der Waals surface area contributed by atoms with Crippen molar-refractivity contribution in [2.24, 2.45) is 0 Å². The lowest BCUT2D eigenvalue weighted by Gasteiger charge is -2.30. The number of aldehydes is 1. The predicted octanol–water partition coefficient (Wildman–Crippen LogP) is 2.58. The summed E-state index contributed by atoms with van der Waals surface area (Å²) in [7, 11) is 1.77. The van der Waals surface area contributed by atoms with Gasteiger partial charge in [-0.2, -0.15) is 0 Å². The molecule has 3 rings (SSSR count). The van der Waals surface area contributed by atoms with Gasteiger partial charge in [0.1, 0.15) is 17.2 Å². The normalized spacial score (nSPS) is 13.8. The van der Waals surface area contributed by atoms with E-state index in [0.29, 0.717) is 30.6 Å². The SMILES string of the molecule is CNCCC(C=O)Oc1cc(Oc2ccc(C(=O)N3CCC3)cc2)cc(C(=O)O)c1. The highest BCUT2D eigenvalue weighted by Gasteiger charge is 2.21. The maximum Gasteiger partial charge on any atom is 0.335 e. The van der Waals surface area contributed by atoms with Crippen LogP contribution in [0, 0.1) is 0 Å². The monoisotopic (exact) mass is 412 g/mol. The van der Waals surface area contributed by atoms with Gasteiger partial charge < -0.3 is 24.8 Å². The molecule has 0 radical (unpaired) electrons. The van der Waals surface area contributed by atoms with Crippen molar-refractivity contribution in [2.75, 3.05) is 26.7 Å². The molecule has 8 nitrogen and oxygen atoms in total. The van der Waals surface area contributed by atoms with E-state index in [1.165, 1.54) is 18.2 Å². The zero-order chi connectivity index (χ0) is 21.5. The van der Waals surface area contributed by atoms with Crippen LogP contribution < -0.4 is 14.8 Å². The number of carboxylic acids is 1. The molecule has 1 unspecified atom stereocenters. The predicted molar refractivity (Wildman–Crippen MR) is 109 cm³/mol. The molecule has 158 valence electrons. The number of carbonyl (C=O) groups excluding carboxylic acids is 2. The summed E-state index contributed by atoms with van der Waals surface area (Å²) in [6.07, 6.45) is 1.44. The van der Waals surface area contributed by atoms with Gasteiger partial charge in [0.05, 0.1) is 5.56 Å². The third-order valence-corrected chi connectivity index (χ3v) is 4.73. The van der Waals surface area contributed by atoms with Gasteiger partial charge in [-0.25, -0.2) is 4.79 Å². The van der Waals surface area contributed by atoms with E-state index in [1.807, 2.05) is 0 Å². The van der Waals surface area contributed by atoms with Gasteiger partial charge in [-0.1, -0.05) is 0 Å². The van der Waals surface area contributed by atoms with E-state index in [4.69, 9.17) is 9.47 Å². The molecule has 0 saturated carbocycles. The first-order valence-electron chi connectivity index (χ1n) is 9.72. The summed E-state index contributed by atoms with van der Waals surface area (Å²) in [5.41, 5.74) is 0.550. The molecule has 1 fully saturated rings. The van der Waals surface area contributed by atoms with E-state index in [0.717, 1.165) is 19.5 Å². The molecule has 0 aromatic heterocycles. The number of ether oxygens (including phenoxy) is 2. The summed E-state index contributed by atoms with van der Waals surface area (Å²) < 4.78 is 11.4. The lowest BCUT2D eigenvalue weighted by Crippen LogP contribution is -2.41. The van der Waals surface area contributed by atoms with Crippen molar-refractivity contribution in [2.45, 2.75) is 18.9 Å².